The molecule has 4 heterocycles. The molecule has 4 aromatic heterocycles. The van der Waals surface area contributed by atoms with Crippen molar-refractivity contribution in [2.24, 2.45) is 11.3 Å². The monoisotopic (exact) mass is 566 g/mol. The minimum atomic E-state index is -0.409. The van der Waals surface area contributed by atoms with E-state index in [1.54, 1.807) is 36.8 Å². The van der Waals surface area contributed by atoms with E-state index < -0.39 is 5.97 Å². The highest BCUT2D eigenvalue weighted by Crippen LogP contribution is 2.44. The predicted octanol–water partition coefficient (Wildman–Crippen LogP) is 6.51. The number of nitrogens with zero attached hydrogens (tertiary/aromatic N) is 3. The Balaban J connectivity index is 1.27. The van der Waals surface area contributed by atoms with Crippen molar-refractivity contribution in [1.29, 1.82) is 0 Å². The van der Waals surface area contributed by atoms with Crippen LogP contribution in [0.5, 0.6) is 0 Å². The summed E-state index contributed by atoms with van der Waals surface area (Å²) in [5, 5.41) is 12.5. The van der Waals surface area contributed by atoms with Gasteiger partial charge in [-0.25, -0.2) is 9.78 Å². The number of amides is 1. The van der Waals surface area contributed by atoms with Gasteiger partial charge in [0, 0.05) is 17.1 Å². The molecule has 0 aromatic carbocycles. The Kier molecular flexibility index (Phi) is 7.90. The van der Waals surface area contributed by atoms with Crippen molar-refractivity contribution in [2.75, 3.05) is 18.2 Å². The van der Waals surface area contributed by atoms with Crippen LogP contribution in [0, 0.1) is 11.3 Å². The Morgan fingerprint density at radius 2 is 1.85 bits per heavy atom. The quantitative estimate of drug-likeness (QED) is 0.188. The molecule has 1 aliphatic carbocycles. The molecular weight excluding hydrogens is 536 g/mol. The zero-order chi connectivity index (χ0) is 27.6. The molecule has 0 saturated heterocycles. The van der Waals surface area contributed by atoms with Crippen molar-refractivity contribution >= 4 is 40.0 Å². The molecular formula is C28H30N4O5S2. The molecule has 0 saturated carbocycles. The van der Waals surface area contributed by atoms with Gasteiger partial charge in [-0.2, -0.15) is 0 Å². The largest absolute Gasteiger partial charge is 0.465 e. The molecule has 0 spiro atoms. The van der Waals surface area contributed by atoms with E-state index >= 15 is 0 Å². The van der Waals surface area contributed by atoms with Crippen molar-refractivity contribution in [1.82, 2.24) is 15.2 Å². The average molecular weight is 567 g/mol. The third-order valence-corrected chi connectivity index (χ3v) is 8.88. The van der Waals surface area contributed by atoms with Crippen LogP contribution in [0.4, 0.5) is 5.00 Å². The van der Waals surface area contributed by atoms with Gasteiger partial charge in [-0.1, -0.05) is 32.5 Å². The van der Waals surface area contributed by atoms with E-state index in [4.69, 9.17) is 13.6 Å². The second kappa shape index (κ2) is 11.4. The van der Waals surface area contributed by atoms with Gasteiger partial charge in [0.25, 0.3) is 0 Å². The number of carbonyl (C=O) groups is 2. The topological polar surface area (TPSA) is 120 Å². The molecule has 5 rings (SSSR count). The molecule has 9 nitrogen and oxygen atoms in total. The second-order valence-corrected chi connectivity index (χ2v) is 12.6. The Hall–Kier alpha value is -3.44. The van der Waals surface area contributed by atoms with Gasteiger partial charge in [0.05, 0.1) is 25.2 Å². The molecule has 1 N–H and O–H groups in total. The number of rotatable bonds is 8. The third-order valence-electron chi connectivity index (χ3n) is 6.87. The Bertz CT molecular complexity index is 1460. The number of ether oxygens (including phenoxy) is 1. The zero-order valence-electron chi connectivity index (χ0n) is 22.3. The van der Waals surface area contributed by atoms with Gasteiger partial charge in [-0.15, -0.1) is 21.5 Å². The SMILES string of the molecule is COC(=O)c1c(NC(=O)CCSc2nnc(-c3ccco3)c(-c3ccco3)n2)sc2c1CCC(C(C)(C)C)C2. The number of furan rings is 2. The van der Waals surface area contributed by atoms with Gasteiger partial charge in [-0.05, 0) is 60.4 Å². The maximum atomic E-state index is 12.9. The highest BCUT2D eigenvalue weighted by atomic mass is 32.2. The molecule has 0 radical (unpaired) electrons. The van der Waals surface area contributed by atoms with Gasteiger partial charge in [0.2, 0.25) is 11.1 Å². The summed E-state index contributed by atoms with van der Waals surface area (Å²) in [7, 11) is 1.37. The summed E-state index contributed by atoms with van der Waals surface area (Å²) < 4.78 is 16.1. The smallest absolute Gasteiger partial charge is 0.341 e. The number of carbonyl (C=O) groups excluding carboxylic acids is 2. The predicted molar refractivity (Wildman–Crippen MR) is 150 cm³/mol. The second-order valence-electron chi connectivity index (χ2n) is 10.4. The van der Waals surface area contributed by atoms with Crippen LogP contribution in [0.25, 0.3) is 22.9 Å². The normalized spacial score (nSPS) is 15.1. The summed E-state index contributed by atoms with van der Waals surface area (Å²) in [6.45, 7) is 6.75. The van der Waals surface area contributed by atoms with E-state index in [0.717, 1.165) is 29.7 Å². The molecule has 1 unspecified atom stereocenters. The first-order valence-corrected chi connectivity index (χ1v) is 14.5. The number of anilines is 1. The number of aromatic nitrogens is 3. The number of hydrogen-bond donors (Lipinski definition) is 1. The zero-order valence-corrected chi connectivity index (χ0v) is 23.9. The van der Waals surface area contributed by atoms with Crippen LogP contribution in [0.15, 0.2) is 50.8 Å². The first-order valence-electron chi connectivity index (χ1n) is 12.7. The van der Waals surface area contributed by atoms with Gasteiger partial charge in [0.1, 0.15) is 10.7 Å². The highest BCUT2D eigenvalue weighted by molar-refractivity contribution is 7.99. The third kappa shape index (κ3) is 5.94. The van der Waals surface area contributed by atoms with Crippen LogP contribution >= 0.6 is 23.1 Å². The summed E-state index contributed by atoms with van der Waals surface area (Å²) in [6.07, 6.45) is 6.04. The fourth-order valence-corrected chi connectivity index (χ4v) is 6.75. The molecule has 0 bridgehead atoms. The first-order chi connectivity index (χ1) is 18.7. The highest BCUT2D eigenvalue weighted by Gasteiger charge is 2.34. The lowest BCUT2D eigenvalue weighted by molar-refractivity contribution is -0.115. The van der Waals surface area contributed by atoms with Gasteiger partial charge in [-0.3, -0.25) is 4.79 Å². The van der Waals surface area contributed by atoms with E-state index in [9.17, 15) is 9.59 Å². The minimum Gasteiger partial charge on any atom is -0.465 e. The molecule has 1 aliphatic rings. The van der Waals surface area contributed by atoms with Crippen molar-refractivity contribution in [3.8, 4) is 22.9 Å². The lowest BCUT2D eigenvalue weighted by Gasteiger charge is -2.33. The van der Waals surface area contributed by atoms with Crippen molar-refractivity contribution in [3.63, 3.8) is 0 Å². The average Bonchev–Trinajstić information content (AvgIpc) is 3.68. The van der Waals surface area contributed by atoms with Crippen molar-refractivity contribution in [2.45, 2.75) is 51.6 Å². The minimum absolute atomic E-state index is 0.178. The Morgan fingerprint density at radius 3 is 2.49 bits per heavy atom. The van der Waals surface area contributed by atoms with Gasteiger partial charge < -0.3 is 18.9 Å². The Labute approximate surface area is 234 Å². The maximum absolute atomic E-state index is 12.9. The number of esters is 1. The standard InChI is InChI=1S/C28H30N4O5S2/c1-28(2,3)16-9-10-17-20(15-16)39-25(22(17)26(34)35-4)29-21(33)11-14-38-27-30-23(18-7-5-12-36-18)24(31-32-27)19-8-6-13-37-19/h5-8,12-13,16H,9-11,14-15H2,1-4H3,(H,29,33). The molecule has 1 atom stereocenters. The van der Waals surface area contributed by atoms with Crippen molar-refractivity contribution in [3.05, 3.63) is 52.8 Å². The van der Waals surface area contributed by atoms with E-state index in [1.165, 1.54) is 30.2 Å². The number of thiophene rings is 1. The first kappa shape index (κ1) is 27.1. The molecule has 1 amide bonds. The lowest BCUT2D eigenvalue weighted by atomic mass is 9.72. The van der Waals surface area contributed by atoms with E-state index in [0.29, 0.717) is 50.3 Å². The number of fused-ring (bicyclic) bond motifs is 1. The molecule has 4 aromatic rings. The molecule has 204 valence electrons. The van der Waals surface area contributed by atoms with E-state index in [1.807, 2.05) is 0 Å². The summed E-state index contributed by atoms with van der Waals surface area (Å²) in [5.41, 5.74) is 2.67. The summed E-state index contributed by atoms with van der Waals surface area (Å²) in [6, 6.07) is 7.11. The number of methoxy groups -OCH3 is 1. The number of hydrogen-bond acceptors (Lipinski definition) is 10. The lowest BCUT2D eigenvalue weighted by Crippen LogP contribution is -2.26. The van der Waals surface area contributed by atoms with Crippen LogP contribution in [0.2, 0.25) is 0 Å². The molecule has 0 aliphatic heterocycles. The molecule has 11 heteroatoms. The fourth-order valence-electron chi connectivity index (χ4n) is 4.69. The summed E-state index contributed by atoms with van der Waals surface area (Å²) in [5.74, 6) is 1.43. The number of nitrogens with one attached hydrogen (secondary N) is 1. The number of thioether (sulfide) groups is 1. The fraction of sp³-hybridized carbons (Fsp3) is 0.393. The molecule has 39 heavy (non-hydrogen) atoms. The summed E-state index contributed by atoms with van der Waals surface area (Å²) in [4.78, 5) is 31.3. The van der Waals surface area contributed by atoms with Crippen LogP contribution in [0.1, 0.15) is 54.4 Å². The van der Waals surface area contributed by atoms with Gasteiger partial charge in [0.15, 0.2) is 17.2 Å². The van der Waals surface area contributed by atoms with Crippen LogP contribution in [0.3, 0.4) is 0 Å². The summed E-state index contributed by atoms with van der Waals surface area (Å²) >= 11 is 2.81. The van der Waals surface area contributed by atoms with E-state index in [2.05, 4.69) is 41.3 Å². The molecule has 0 fully saturated rings. The van der Waals surface area contributed by atoms with Gasteiger partial charge >= 0.3 is 5.97 Å². The van der Waals surface area contributed by atoms with Crippen molar-refractivity contribution < 1.29 is 23.2 Å². The Morgan fingerprint density at radius 1 is 1.13 bits per heavy atom. The van der Waals surface area contributed by atoms with E-state index in [-0.39, 0.29) is 17.7 Å². The maximum Gasteiger partial charge on any atom is 0.341 e. The van der Waals surface area contributed by atoms with Crippen LogP contribution in [-0.2, 0) is 22.4 Å². The van der Waals surface area contributed by atoms with Crippen LogP contribution in [-0.4, -0.2) is 39.9 Å². The van der Waals surface area contributed by atoms with Crippen LogP contribution < -0.4 is 5.32 Å².